The Hall–Kier alpha value is -6.69. The molecule has 3 heterocycles. The number of nitrogens with zero attached hydrogens (tertiary/aromatic N) is 6. The van der Waals surface area contributed by atoms with Gasteiger partial charge in [-0.05, 0) is 80.0 Å². The van der Waals surface area contributed by atoms with E-state index in [9.17, 15) is 5.11 Å². The number of imidazole rings is 1. The van der Waals surface area contributed by atoms with Crippen LogP contribution in [0.1, 0.15) is 79.0 Å². The first-order valence-corrected chi connectivity index (χ1v) is 39.5. The first-order valence-electron chi connectivity index (χ1n) is 29.0. The maximum absolute atomic E-state index is 12.8. The number of rotatable bonds is 11. The largest absolute Gasteiger partial charge is 0.507 e. The molecule has 0 unspecified atom stereocenters. The Morgan fingerprint density at radius 2 is 1.00 bits per heavy atom. The van der Waals surface area contributed by atoms with Crippen molar-refractivity contribution < 1.29 is 26.2 Å². The minimum absolute atomic E-state index is 0. The van der Waals surface area contributed by atoms with Gasteiger partial charge in [0.2, 0.25) is 0 Å². The van der Waals surface area contributed by atoms with Gasteiger partial charge in [0.25, 0.3) is 0 Å². The van der Waals surface area contributed by atoms with Crippen molar-refractivity contribution in [2.45, 2.75) is 137 Å². The molecular weight excluding hydrogens is 1240 g/mol. The SMILES string of the molecule is CC(C)(C)c1cc(-c2cc(-c3ccc([Si](C)(C)C)cc3)ccn2)[c-]c(-c2cccc3c2nc(-c2cc(C(C)(C)C)cc(C(C)(C)C)c2O)n3-c2ccc(-c3ccc(-c4nc([Si](C)(C)C)nc([Si](C)(C)C)n4)cc3)cc2-c2ccccc2)c1.[Pt]. The van der Waals surface area contributed by atoms with Gasteiger partial charge in [-0.2, -0.15) is 0 Å². The van der Waals surface area contributed by atoms with Crippen molar-refractivity contribution in [3.63, 3.8) is 0 Å². The van der Waals surface area contributed by atoms with Crippen molar-refractivity contribution in [3.05, 3.63) is 181 Å². The summed E-state index contributed by atoms with van der Waals surface area (Å²) in [7, 11) is -5.13. The van der Waals surface area contributed by atoms with Gasteiger partial charge in [-0.1, -0.05) is 247 Å². The Morgan fingerprint density at radius 3 is 1.58 bits per heavy atom. The minimum Gasteiger partial charge on any atom is -0.507 e. The number of phenolic OH excluding ortho intramolecular Hbond substituents is 1. The predicted molar refractivity (Wildman–Crippen MR) is 356 cm³/mol. The van der Waals surface area contributed by atoms with Gasteiger partial charge in [0, 0.05) is 49.6 Å². The fourth-order valence-electron chi connectivity index (χ4n) is 10.5. The monoisotopic (exact) mass is 1320 g/mol. The van der Waals surface area contributed by atoms with Crippen molar-refractivity contribution in [2.24, 2.45) is 0 Å². The molecule has 0 atom stereocenters. The van der Waals surface area contributed by atoms with Gasteiger partial charge in [-0.25, -0.2) is 19.9 Å². The van der Waals surface area contributed by atoms with E-state index in [4.69, 9.17) is 24.9 Å². The summed E-state index contributed by atoms with van der Waals surface area (Å²) in [5.41, 5.74) is 18.7. The fraction of sp³-hybridized carbons (Fsp3) is 0.292. The maximum atomic E-state index is 12.8. The summed E-state index contributed by atoms with van der Waals surface area (Å²) in [6, 6.07) is 58.7. The zero-order chi connectivity index (χ0) is 59.1. The van der Waals surface area contributed by atoms with Crippen molar-refractivity contribution in [3.8, 4) is 90.0 Å². The number of benzene rings is 7. The first kappa shape index (κ1) is 60.9. The summed E-state index contributed by atoms with van der Waals surface area (Å²) in [5, 5.41) is 14.3. The number of para-hydroxylation sites is 1. The molecule has 0 aliphatic carbocycles. The molecular formula is C72H81N6OPtSi3-. The van der Waals surface area contributed by atoms with E-state index >= 15 is 0 Å². The number of pyridine rings is 1. The van der Waals surface area contributed by atoms with Crippen molar-refractivity contribution >= 4 is 51.3 Å². The zero-order valence-corrected chi connectivity index (χ0v) is 57.2. The summed E-state index contributed by atoms with van der Waals surface area (Å²) < 4.78 is 2.28. The Kier molecular flexibility index (Phi) is 16.4. The van der Waals surface area contributed by atoms with Crippen LogP contribution in [0.3, 0.4) is 0 Å². The Labute approximate surface area is 511 Å². The average Bonchev–Trinajstić information content (AvgIpc) is 2.18. The van der Waals surface area contributed by atoms with Crippen molar-refractivity contribution in [1.82, 2.24) is 29.5 Å². The van der Waals surface area contributed by atoms with Gasteiger partial charge >= 0.3 is 0 Å². The van der Waals surface area contributed by atoms with E-state index in [-0.39, 0.29) is 43.1 Å². The molecule has 1 N–H and O–H groups in total. The summed E-state index contributed by atoms with van der Waals surface area (Å²) in [6.45, 7) is 41.0. The number of aromatic nitrogens is 6. The van der Waals surface area contributed by atoms with Gasteiger partial charge in [0.15, 0.2) is 5.82 Å². The first-order chi connectivity index (χ1) is 38.3. The molecule has 0 saturated heterocycles. The minimum atomic E-state index is -1.83. The molecule has 10 aromatic rings. The molecule has 83 heavy (non-hydrogen) atoms. The Balaban J connectivity index is 0.00000828. The quantitative estimate of drug-likeness (QED) is 0.103. The number of phenols is 1. The van der Waals surface area contributed by atoms with E-state index in [1.165, 1.54) is 10.8 Å². The van der Waals surface area contributed by atoms with E-state index in [0.717, 1.165) is 106 Å². The zero-order valence-electron chi connectivity index (χ0n) is 52.0. The van der Waals surface area contributed by atoms with Gasteiger partial charge < -0.3 is 5.11 Å². The molecule has 0 saturated carbocycles. The third-order valence-electron chi connectivity index (χ3n) is 15.6. The molecule has 0 aliphatic heterocycles. The van der Waals surface area contributed by atoms with E-state index in [1.807, 2.05) is 6.20 Å². The second-order valence-electron chi connectivity index (χ2n) is 28.5. The Bertz CT molecular complexity index is 4000. The third-order valence-corrected chi connectivity index (χ3v) is 20.8. The van der Waals surface area contributed by atoms with Gasteiger partial charge in [-0.15, -0.1) is 29.3 Å². The molecule has 7 nitrogen and oxygen atoms in total. The maximum Gasteiger partial charge on any atom is 0.162 e. The molecule has 0 bridgehead atoms. The van der Waals surface area contributed by atoms with Gasteiger partial charge in [0.1, 0.15) is 38.6 Å². The fourth-order valence-corrected chi connectivity index (χ4v) is 13.5. The summed E-state index contributed by atoms with van der Waals surface area (Å²) in [5.74, 6) is 1.63. The van der Waals surface area contributed by atoms with Crippen LogP contribution in [0.15, 0.2) is 158 Å². The topological polar surface area (TPSA) is 89.6 Å². The molecule has 3 aromatic heterocycles. The predicted octanol–water partition coefficient (Wildman–Crippen LogP) is 17.3. The standard InChI is InChI=1S/C72H81N6OSi3.Pt/c1-70(2,3)54-40-52(39-53(41-54)61-43-51(37-38-73-61)47-31-34-56(35-32-47)80(10,11)12)57-25-22-26-63-64(57)74-67(59-44-55(71(4,5)6)45-60(65(59)79)72(7,8)9)78(63)62-36-33-50(42-58(62)48-23-20-19-21-24-48)46-27-29-49(30-28-46)66-75-68(81(13,14)15)77-69(76-66)82(16,17)18;/h19-38,40-45,79H,1-18H3;/q-1;. The number of aromatic hydroxyl groups is 1. The van der Waals surface area contributed by atoms with E-state index in [1.54, 1.807) is 0 Å². The van der Waals surface area contributed by atoms with Crippen LogP contribution in [0, 0.1) is 6.07 Å². The average molecular weight is 1330 g/mol. The van der Waals surface area contributed by atoms with Crippen LogP contribution in [0.25, 0.3) is 95.3 Å². The molecule has 428 valence electrons. The summed E-state index contributed by atoms with van der Waals surface area (Å²) in [4.78, 5) is 26.0. The van der Waals surface area contributed by atoms with Crippen LogP contribution in [0.4, 0.5) is 0 Å². The molecule has 0 aliphatic rings. The van der Waals surface area contributed by atoms with Crippen LogP contribution in [0.2, 0.25) is 58.9 Å². The molecule has 0 spiro atoms. The molecule has 0 radical (unpaired) electrons. The van der Waals surface area contributed by atoms with Crippen molar-refractivity contribution in [2.75, 3.05) is 0 Å². The summed E-state index contributed by atoms with van der Waals surface area (Å²) in [6.07, 6.45) is 1.92. The smallest absolute Gasteiger partial charge is 0.162 e. The molecule has 7 aromatic carbocycles. The third kappa shape index (κ3) is 12.7. The second kappa shape index (κ2) is 22.4. The molecule has 11 heteroatoms. The van der Waals surface area contributed by atoms with Gasteiger partial charge in [0.05, 0.1) is 30.4 Å². The van der Waals surface area contributed by atoms with E-state index in [2.05, 4.69) is 284 Å². The van der Waals surface area contributed by atoms with Crippen LogP contribution in [0.5, 0.6) is 5.75 Å². The van der Waals surface area contributed by atoms with Crippen LogP contribution >= 0.6 is 0 Å². The van der Waals surface area contributed by atoms with E-state index < -0.39 is 24.2 Å². The number of fused-ring (bicyclic) bond motifs is 1. The second-order valence-corrected chi connectivity index (χ2v) is 43.5. The Morgan fingerprint density at radius 1 is 0.446 bits per heavy atom. The van der Waals surface area contributed by atoms with Crippen molar-refractivity contribution in [1.29, 1.82) is 0 Å². The van der Waals surface area contributed by atoms with Crippen LogP contribution in [-0.4, -0.2) is 58.8 Å². The molecule has 0 amide bonds. The molecule has 0 fully saturated rings. The number of hydrogen-bond acceptors (Lipinski definition) is 6. The number of hydrogen-bond donors (Lipinski definition) is 1. The van der Waals surface area contributed by atoms with Crippen LogP contribution < -0.4 is 16.1 Å². The van der Waals surface area contributed by atoms with Crippen LogP contribution in [-0.2, 0) is 37.3 Å². The van der Waals surface area contributed by atoms with Gasteiger partial charge in [-0.3, -0.25) is 9.55 Å². The summed E-state index contributed by atoms with van der Waals surface area (Å²) >= 11 is 0. The van der Waals surface area contributed by atoms with E-state index in [0.29, 0.717) is 11.4 Å². The normalized spacial score (nSPS) is 12.7. The molecule has 10 rings (SSSR count).